The maximum atomic E-state index is 2.21. The van der Waals surface area contributed by atoms with Crippen molar-refractivity contribution in [3.8, 4) is 0 Å². The number of rotatable bonds is 3. The van der Waals surface area contributed by atoms with Crippen molar-refractivity contribution in [3.05, 3.63) is 11.1 Å². The topological polar surface area (TPSA) is 0 Å². The molecular weight excluding hydrogens is 144 g/mol. The van der Waals surface area contributed by atoms with Crippen molar-refractivity contribution >= 4 is 0 Å². The van der Waals surface area contributed by atoms with Gasteiger partial charge in [-0.3, -0.25) is 0 Å². The maximum absolute atomic E-state index is 2.21. The van der Waals surface area contributed by atoms with Gasteiger partial charge < -0.3 is 0 Å². The lowest BCUT2D eigenvalue weighted by atomic mass is 10.1. The lowest BCUT2D eigenvalue weighted by Crippen LogP contribution is -1.78. The highest BCUT2D eigenvalue weighted by atomic mass is 13.9. The summed E-state index contributed by atoms with van der Waals surface area (Å²) in [6.07, 6.45) is 5.05. The highest BCUT2D eigenvalue weighted by Gasteiger charge is 1.88. The summed E-state index contributed by atoms with van der Waals surface area (Å²) in [6, 6.07) is 0. The molecule has 0 bridgehead atoms. The van der Waals surface area contributed by atoms with Crippen molar-refractivity contribution in [2.75, 3.05) is 0 Å². The van der Waals surface area contributed by atoms with Gasteiger partial charge in [-0.2, -0.15) is 0 Å². The van der Waals surface area contributed by atoms with E-state index in [9.17, 15) is 0 Å². The van der Waals surface area contributed by atoms with Crippen molar-refractivity contribution in [1.82, 2.24) is 0 Å². The van der Waals surface area contributed by atoms with E-state index >= 15 is 0 Å². The van der Waals surface area contributed by atoms with E-state index in [4.69, 9.17) is 0 Å². The molecule has 0 aliphatic rings. The lowest BCUT2D eigenvalue weighted by molar-refractivity contribution is 0.886. The number of allylic oxidation sites excluding steroid dienone is 2. The van der Waals surface area contributed by atoms with Crippen molar-refractivity contribution in [1.29, 1.82) is 0 Å². The van der Waals surface area contributed by atoms with Gasteiger partial charge in [-0.1, -0.05) is 51.7 Å². The molecule has 0 rings (SSSR count). The second-order valence-electron chi connectivity index (χ2n) is 3.27. The van der Waals surface area contributed by atoms with Crippen LogP contribution < -0.4 is 0 Å². The quantitative estimate of drug-likeness (QED) is 0.526. The van der Waals surface area contributed by atoms with Gasteiger partial charge in [0.05, 0.1) is 0 Å². The molecule has 0 nitrogen and oxygen atoms in total. The molecule has 0 N–H and O–H groups in total. The molecule has 0 aliphatic heterocycles. The SMILES string of the molecule is CC/C(C)=C(\C)CC.CCCC. The van der Waals surface area contributed by atoms with Crippen molar-refractivity contribution in [2.24, 2.45) is 0 Å². The predicted molar refractivity (Wildman–Crippen MR) is 59.5 cm³/mol. The third-order valence-corrected chi connectivity index (χ3v) is 2.29. The fourth-order valence-electron chi connectivity index (χ4n) is 0.604. The Morgan fingerprint density at radius 2 is 0.917 bits per heavy atom. The Bertz CT molecular complexity index is 95.2. The van der Waals surface area contributed by atoms with Crippen LogP contribution in [0.25, 0.3) is 0 Å². The van der Waals surface area contributed by atoms with E-state index in [0.29, 0.717) is 0 Å². The minimum absolute atomic E-state index is 1.21. The first-order chi connectivity index (χ1) is 5.63. The standard InChI is InChI=1S/C8H16.C4H10/c1-5-7(3)8(4)6-2;1-3-4-2/h5-6H2,1-4H3;3-4H2,1-2H3/b8-7+;. The monoisotopic (exact) mass is 170 g/mol. The molecule has 74 valence electrons. The highest BCUT2D eigenvalue weighted by Crippen LogP contribution is 2.09. The summed E-state index contributed by atoms with van der Waals surface area (Å²) >= 11 is 0. The number of hydrogen-bond donors (Lipinski definition) is 0. The second-order valence-corrected chi connectivity index (χ2v) is 3.27. The summed E-state index contributed by atoms with van der Waals surface area (Å²) in [4.78, 5) is 0. The van der Waals surface area contributed by atoms with Gasteiger partial charge in [-0.25, -0.2) is 0 Å². The lowest BCUT2D eigenvalue weighted by Gasteiger charge is -1.99. The van der Waals surface area contributed by atoms with Gasteiger partial charge in [0.1, 0.15) is 0 Å². The van der Waals surface area contributed by atoms with Crippen molar-refractivity contribution in [2.45, 2.75) is 67.2 Å². The minimum Gasteiger partial charge on any atom is -0.0747 e. The van der Waals surface area contributed by atoms with Crippen LogP contribution in [-0.2, 0) is 0 Å². The number of unbranched alkanes of at least 4 members (excludes halogenated alkanes) is 1. The largest absolute Gasteiger partial charge is 0.0747 e. The summed E-state index contributed by atoms with van der Waals surface area (Å²) in [5.41, 5.74) is 3.10. The minimum atomic E-state index is 1.21. The first-order valence-electron chi connectivity index (χ1n) is 5.29. The third-order valence-electron chi connectivity index (χ3n) is 2.29. The highest BCUT2D eigenvalue weighted by molar-refractivity contribution is 5.07. The molecule has 0 spiro atoms. The molecule has 0 aromatic carbocycles. The van der Waals surface area contributed by atoms with Gasteiger partial charge in [-0.05, 0) is 26.7 Å². The van der Waals surface area contributed by atoms with Crippen molar-refractivity contribution in [3.63, 3.8) is 0 Å². The zero-order chi connectivity index (χ0) is 9.98. The van der Waals surface area contributed by atoms with E-state index in [1.807, 2.05) is 0 Å². The van der Waals surface area contributed by atoms with Crippen LogP contribution in [0.3, 0.4) is 0 Å². The van der Waals surface area contributed by atoms with Gasteiger partial charge in [0.25, 0.3) is 0 Å². The van der Waals surface area contributed by atoms with Crippen LogP contribution in [0.4, 0.5) is 0 Å². The fourth-order valence-corrected chi connectivity index (χ4v) is 0.604. The Hall–Kier alpha value is -0.260. The zero-order valence-electron chi connectivity index (χ0n) is 9.83. The molecule has 0 radical (unpaired) electrons. The van der Waals surface area contributed by atoms with E-state index in [0.717, 1.165) is 0 Å². The zero-order valence-corrected chi connectivity index (χ0v) is 9.83. The fraction of sp³-hybridized carbons (Fsp3) is 0.833. The Morgan fingerprint density at radius 1 is 0.667 bits per heavy atom. The molecule has 0 heterocycles. The molecule has 0 atom stereocenters. The van der Waals surface area contributed by atoms with Crippen LogP contribution >= 0.6 is 0 Å². The van der Waals surface area contributed by atoms with E-state index in [1.165, 1.54) is 25.7 Å². The Balaban J connectivity index is 0. The molecule has 0 aliphatic carbocycles. The van der Waals surface area contributed by atoms with Gasteiger partial charge in [0, 0.05) is 0 Å². The van der Waals surface area contributed by atoms with Crippen LogP contribution in [0.15, 0.2) is 11.1 Å². The average Bonchev–Trinajstić information content (AvgIpc) is 2.15. The molecule has 0 fully saturated rings. The van der Waals surface area contributed by atoms with E-state index in [2.05, 4.69) is 41.5 Å². The van der Waals surface area contributed by atoms with Crippen LogP contribution in [0.2, 0.25) is 0 Å². The third kappa shape index (κ3) is 9.74. The van der Waals surface area contributed by atoms with Crippen LogP contribution in [0, 0.1) is 0 Å². The normalized spacial score (nSPS) is 11.5. The Labute approximate surface area is 79.1 Å². The Kier molecular flexibility index (Phi) is 12.8. The summed E-state index contributed by atoms with van der Waals surface area (Å²) in [6.45, 7) is 13.2. The van der Waals surface area contributed by atoms with E-state index in [1.54, 1.807) is 11.1 Å². The van der Waals surface area contributed by atoms with Crippen LogP contribution in [-0.4, -0.2) is 0 Å². The first kappa shape index (κ1) is 14.3. The predicted octanol–water partition coefficient (Wildman–Crippen LogP) is 4.95. The molecule has 0 aromatic rings. The molecular formula is C12H26. The maximum Gasteiger partial charge on any atom is -0.0349 e. The summed E-state index contributed by atoms with van der Waals surface area (Å²) in [7, 11) is 0. The summed E-state index contributed by atoms with van der Waals surface area (Å²) < 4.78 is 0. The smallest absolute Gasteiger partial charge is 0.0349 e. The van der Waals surface area contributed by atoms with Gasteiger partial charge in [-0.15, -0.1) is 0 Å². The van der Waals surface area contributed by atoms with Crippen LogP contribution in [0.1, 0.15) is 67.2 Å². The van der Waals surface area contributed by atoms with Crippen molar-refractivity contribution < 1.29 is 0 Å². The second kappa shape index (κ2) is 10.7. The molecule has 0 saturated heterocycles. The molecule has 0 saturated carbocycles. The summed E-state index contributed by atoms with van der Waals surface area (Å²) in [5.74, 6) is 0. The Morgan fingerprint density at radius 3 is 1.00 bits per heavy atom. The summed E-state index contributed by atoms with van der Waals surface area (Å²) in [5, 5.41) is 0. The van der Waals surface area contributed by atoms with Gasteiger partial charge in [0.15, 0.2) is 0 Å². The first-order valence-corrected chi connectivity index (χ1v) is 5.29. The number of hydrogen-bond acceptors (Lipinski definition) is 0. The van der Waals surface area contributed by atoms with Gasteiger partial charge >= 0.3 is 0 Å². The average molecular weight is 170 g/mol. The molecule has 0 heteroatoms. The molecule has 0 amide bonds. The molecule has 0 aromatic heterocycles. The molecule has 12 heavy (non-hydrogen) atoms. The van der Waals surface area contributed by atoms with Crippen LogP contribution in [0.5, 0.6) is 0 Å². The molecule has 0 unspecified atom stereocenters. The van der Waals surface area contributed by atoms with E-state index in [-0.39, 0.29) is 0 Å². The van der Waals surface area contributed by atoms with Gasteiger partial charge in [0.2, 0.25) is 0 Å². The van der Waals surface area contributed by atoms with E-state index < -0.39 is 0 Å².